The number of carbonyl (C=O) groups is 1. The van der Waals surface area contributed by atoms with Gasteiger partial charge in [0.05, 0.1) is 25.5 Å². The van der Waals surface area contributed by atoms with Crippen molar-refractivity contribution in [2.45, 2.75) is 19.8 Å². The van der Waals surface area contributed by atoms with Crippen LogP contribution >= 0.6 is 0 Å². The summed E-state index contributed by atoms with van der Waals surface area (Å²) in [6, 6.07) is 16.4. The zero-order valence-electron chi connectivity index (χ0n) is 20.0. The lowest BCUT2D eigenvalue weighted by molar-refractivity contribution is 0.0743. The molecular formula is C26H30N4O4. The predicted molar refractivity (Wildman–Crippen MR) is 132 cm³/mol. The molecule has 178 valence electrons. The van der Waals surface area contributed by atoms with E-state index in [0.717, 1.165) is 5.69 Å². The molecule has 8 nitrogen and oxygen atoms in total. The summed E-state index contributed by atoms with van der Waals surface area (Å²) in [5.74, 6) is 2.17. The Morgan fingerprint density at radius 3 is 2.24 bits per heavy atom. The lowest BCUT2D eigenvalue weighted by Crippen LogP contribution is -2.49. The maximum Gasteiger partial charge on any atom is 0.271 e. The minimum Gasteiger partial charge on any atom is -0.497 e. The molecule has 0 radical (unpaired) electrons. The number of ether oxygens (including phenoxy) is 2. The van der Waals surface area contributed by atoms with E-state index in [4.69, 9.17) is 9.47 Å². The number of methoxy groups -OCH3 is 2. The number of hydrogen-bond donors (Lipinski definition) is 0. The lowest BCUT2D eigenvalue weighted by atomic mass is 10.0. The highest BCUT2D eigenvalue weighted by atomic mass is 16.5. The van der Waals surface area contributed by atoms with Gasteiger partial charge in [-0.2, -0.15) is 4.68 Å². The van der Waals surface area contributed by atoms with Crippen molar-refractivity contribution in [2.75, 3.05) is 45.3 Å². The van der Waals surface area contributed by atoms with Gasteiger partial charge in [-0.1, -0.05) is 26.0 Å². The van der Waals surface area contributed by atoms with Gasteiger partial charge in [0, 0.05) is 38.3 Å². The third kappa shape index (κ3) is 4.76. The van der Waals surface area contributed by atoms with E-state index in [-0.39, 0.29) is 11.5 Å². The molecular weight excluding hydrogens is 432 g/mol. The quantitative estimate of drug-likeness (QED) is 0.559. The highest BCUT2D eigenvalue weighted by Crippen LogP contribution is 2.26. The molecule has 3 aromatic rings. The van der Waals surface area contributed by atoms with E-state index < -0.39 is 0 Å². The van der Waals surface area contributed by atoms with Crippen LogP contribution in [-0.2, 0) is 0 Å². The first-order valence-electron chi connectivity index (χ1n) is 11.4. The topological polar surface area (TPSA) is 76.9 Å². The van der Waals surface area contributed by atoms with Gasteiger partial charge in [-0.25, -0.2) is 0 Å². The Kier molecular flexibility index (Phi) is 6.86. The van der Waals surface area contributed by atoms with Gasteiger partial charge in [0.25, 0.3) is 11.5 Å². The monoisotopic (exact) mass is 462 g/mol. The number of amides is 1. The summed E-state index contributed by atoms with van der Waals surface area (Å²) in [5.41, 5.74) is 2.27. The summed E-state index contributed by atoms with van der Waals surface area (Å²) >= 11 is 0. The fourth-order valence-corrected chi connectivity index (χ4v) is 4.04. The number of piperazine rings is 1. The molecule has 34 heavy (non-hydrogen) atoms. The second-order valence-electron chi connectivity index (χ2n) is 8.53. The van der Waals surface area contributed by atoms with Crippen molar-refractivity contribution < 1.29 is 14.3 Å². The van der Waals surface area contributed by atoms with E-state index >= 15 is 0 Å². The normalized spacial score (nSPS) is 13.8. The Morgan fingerprint density at radius 2 is 1.62 bits per heavy atom. The van der Waals surface area contributed by atoms with Gasteiger partial charge in [0.2, 0.25) is 0 Å². The van der Waals surface area contributed by atoms with E-state index in [1.165, 1.54) is 10.2 Å². The number of aromatic nitrogens is 2. The van der Waals surface area contributed by atoms with Crippen LogP contribution in [0.2, 0.25) is 0 Å². The van der Waals surface area contributed by atoms with Gasteiger partial charge in [-0.15, -0.1) is 5.10 Å². The fourth-order valence-electron chi connectivity index (χ4n) is 4.04. The minimum atomic E-state index is -0.179. The molecule has 0 spiro atoms. The molecule has 0 atom stereocenters. The van der Waals surface area contributed by atoms with Gasteiger partial charge in [-0.05, 0) is 41.8 Å². The molecule has 1 aliphatic heterocycles. The van der Waals surface area contributed by atoms with Gasteiger partial charge >= 0.3 is 0 Å². The van der Waals surface area contributed by atoms with Gasteiger partial charge in [0.1, 0.15) is 17.3 Å². The molecule has 0 aliphatic carbocycles. The first kappa shape index (κ1) is 23.4. The molecule has 1 amide bonds. The predicted octanol–water partition coefficient (Wildman–Crippen LogP) is 3.34. The SMILES string of the molecule is COc1ccc(C(=O)N2CCN(c3ccc(=O)n(-c4ccc(C(C)C)cc4)n3)CC2)c(OC)c1. The zero-order valence-corrected chi connectivity index (χ0v) is 20.0. The number of benzene rings is 2. The molecule has 0 N–H and O–H groups in total. The van der Waals surface area contributed by atoms with Gasteiger partial charge in [0.15, 0.2) is 0 Å². The number of rotatable bonds is 6. The second kappa shape index (κ2) is 9.99. The van der Waals surface area contributed by atoms with Crippen molar-refractivity contribution in [1.29, 1.82) is 0 Å². The standard InChI is InChI=1S/C26H30N4O4/c1-18(2)19-5-7-20(8-6-19)30-25(31)12-11-24(27-30)28-13-15-29(16-14-28)26(32)22-10-9-21(33-3)17-23(22)34-4/h5-12,17-18H,13-16H2,1-4H3. The third-order valence-corrected chi connectivity index (χ3v) is 6.12. The number of nitrogens with zero attached hydrogens (tertiary/aromatic N) is 4. The van der Waals surface area contributed by atoms with E-state index in [9.17, 15) is 9.59 Å². The van der Waals surface area contributed by atoms with Crippen LogP contribution in [-0.4, -0.2) is 61.0 Å². The van der Waals surface area contributed by atoms with Crippen LogP contribution in [0.1, 0.15) is 35.7 Å². The molecule has 2 heterocycles. The van der Waals surface area contributed by atoms with Crippen LogP contribution in [0.25, 0.3) is 5.69 Å². The number of anilines is 1. The van der Waals surface area contributed by atoms with Crippen LogP contribution in [0.4, 0.5) is 5.82 Å². The van der Waals surface area contributed by atoms with Crippen molar-refractivity contribution in [3.05, 3.63) is 76.1 Å². The summed E-state index contributed by atoms with van der Waals surface area (Å²) in [6.45, 7) is 6.57. The summed E-state index contributed by atoms with van der Waals surface area (Å²) in [4.78, 5) is 29.5. The molecule has 0 unspecified atom stereocenters. The molecule has 0 saturated carbocycles. The van der Waals surface area contributed by atoms with Crippen LogP contribution in [0.15, 0.2) is 59.4 Å². The smallest absolute Gasteiger partial charge is 0.271 e. The second-order valence-corrected chi connectivity index (χ2v) is 8.53. The first-order valence-corrected chi connectivity index (χ1v) is 11.4. The van der Waals surface area contributed by atoms with Gasteiger partial charge in [-0.3, -0.25) is 9.59 Å². The third-order valence-electron chi connectivity index (χ3n) is 6.12. The van der Waals surface area contributed by atoms with Crippen molar-refractivity contribution in [1.82, 2.24) is 14.7 Å². The average molecular weight is 463 g/mol. The Labute approximate surface area is 199 Å². The molecule has 8 heteroatoms. The van der Waals surface area contributed by atoms with Crippen molar-refractivity contribution in [3.8, 4) is 17.2 Å². The summed E-state index contributed by atoms with van der Waals surface area (Å²) in [6.07, 6.45) is 0. The van der Waals surface area contributed by atoms with Crippen molar-refractivity contribution in [2.24, 2.45) is 0 Å². The fraction of sp³-hybridized carbons (Fsp3) is 0.346. The van der Waals surface area contributed by atoms with Crippen molar-refractivity contribution in [3.63, 3.8) is 0 Å². The van der Waals surface area contributed by atoms with Crippen LogP contribution < -0.4 is 19.9 Å². The molecule has 1 fully saturated rings. The van der Waals surface area contributed by atoms with E-state index in [0.29, 0.717) is 55.0 Å². The Morgan fingerprint density at radius 1 is 0.912 bits per heavy atom. The zero-order chi connectivity index (χ0) is 24.2. The van der Waals surface area contributed by atoms with Crippen LogP contribution in [0, 0.1) is 0 Å². The molecule has 2 aromatic carbocycles. The Bertz CT molecular complexity index is 1210. The lowest BCUT2D eigenvalue weighted by Gasteiger charge is -2.35. The van der Waals surface area contributed by atoms with Crippen molar-refractivity contribution >= 4 is 11.7 Å². The first-order chi connectivity index (χ1) is 16.4. The highest BCUT2D eigenvalue weighted by Gasteiger charge is 2.25. The minimum absolute atomic E-state index is 0.0812. The van der Waals surface area contributed by atoms with Crippen LogP contribution in [0.3, 0.4) is 0 Å². The maximum absolute atomic E-state index is 13.1. The summed E-state index contributed by atoms with van der Waals surface area (Å²) in [7, 11) is 3.12. The molecule has 4 rings (SSSR count). The van der Waals surface area contributed by atoms with Gasteiger partial charge < -0.3 is 19.3 Å². The van der Waals surface area contributed by atoms with E-state index in [1.54, 1.807) is 44.6 Å². The molecule has 1 saturated heterocycles. The average Bonchev–Trinajstić information content (AvgIpc) is 2.88. The molecule has 1 aliphatic rings. The number of carbonyl (C=O) groups excluding carboxylic acids is 1. The van der Waals surface area contributed by atoms with E-state index in [2.05, 4.69) is 23.8 Å². The highest BCUT2D eigenvalue weighted by molar-refractivity contribution is 5.97. The van der Waals surface area contributed by atoms with Crippen LogP contribution in [0.5, 0.6) is 11.5 Å². The number of hydrogen-bond acceptors (Lipinski definition) is 6. The molecule has 0 bridgehead atoms. The Balaban J connectivity index is 1.48. The largest absolute Gasteiger partial charge is 0.497 e. The molecule has 1 aromatic heterocycles. The summed E-state index contributed by atoms with van der Waals surface area (Å²) < 4.78 is 12.0. The summed E-state index contributed by atoms with van der Waals surface area (Å²) in [5, 5.41) is 4.61. The maximum atomic E-state index is 13.1. The van der Waals surface area contributed by atoms with E-state index in [1.807, 2.05) is 29.2 Å². The Hall–Kier alpha value is -3.81.